The zero-order valence-electron chi connectivity index (χ0n) is 11.0. The van der Waals surface area contributed by atoms with E-state index in [1.165, 1.54) is 0 Å². The third-order valence-corrected chi connectivity index (χ3v) is 5.20. The van der Waals surface area contributed by atoms with Gasteiger partial charge in [0, 0.05) is 19.1 Å². The van der Waals surface area contributed by atoms with Crippen LogP contribution in [0.2, 0.25) is 0 Å². The number of nitrogens with one attached hydrogen (secondary N) is 1. The van der Waals surface area contributed by atoms with Gasteiger partial charge in [-0.3, -0.25) is 0 Å². The van der Waals surface area contributed by atoms with Crippen molar-refractivity contribution in [2.24, 2.45) is 17.6 Å². The van der Waals surface area contributed by atoms with Crippen LogP contribution in [0.25, 0.3) is 0 Å². The Morgan fingerprint density at radius 1 is 1.47 bits per heavy atom. The van der Waals surface area contributed by atoms with Crippen LogP contribution in [0, 0.1) is 11.8 Å². The molecule has 0 aromatic rings. The van der Waals surface area contributed by atoms with Gasteiger partial charge in [-0.2, -0.15) is 17.4 Å². The first-order chi connectivity index (χ1) is 7.86. The first-order valence-electron chi connectivity index (χ1n) is 6.34. The van der Waals surface area contributed by atoms with E-state index in [1.54, 1.807) is 4.31 Å². The standard InChI is InChI=1S/C11H25N3O2S/c1-9-5-4-6-14(8-9)17(15,16)13-11(3)10(2)7-12/h9-11,13H,4-8,12H2,1-3H3. The first kappa shape index (κ1) is 14.9. The van der Waals surface area contributed by atoms with Crippen LogP contribution in [-0.4, -0.2) is 38.4 Å². The Hall–Kier alpha value is -0.170. The Morgan fingerprint density at radius 2 is 2.12 bits per heavy atom. The Balaban J connectivity index is 2.61. The average Bonchev–Trinajstić information content (AvgIpc) is 2.27. The molecule has 1 aliphatic heterocycles. The van der Waals surface area contributed by atoms with Crippen molar-refractivity contribution in [3.05, 3.63) is 0 Å². The van der Waals surface area contributed by atoms with Crippen molar-refractivity contribution in [2.75, 3.05) is 19.6 Å². The third-order valence-electron chi connectivity index (χ3n) is 3.52. The van der Waals surface area contributed by atoms with Crippen molar-refractivity contribution in [2.45, 2.75) is 39.7 Å². The summed E-state index contributed by atoms with van der Waals surface area (Å²) in [6.45, 7) is 7.64. The van der Waals surface area contributed by atoms with Crippen molar-refractivity contribution in [3.63, 3.8) is 0 Å². The molecule has 0 bridgehead atoms. The molecule has 0 saturated carbocycles. The number of hydrogen-bond acceptors (Lipinski definition) is 3. The topological polar surface area (TPSA) is 75.4 Å². The van der Waals surface area contributed by atoms with E-state index in [0.29, 0.717) is 25.6 Å². The number of piperidine rings is 1. The van der Waals surface area contributed by atoms with Crippen molar-refractivity contribution >= 4 is 10.2 Å². The second-order valence-electron chi connectivity index (χ2n) is 5.23. The number of hydrogen-bond donors (Lipinski definition) is 2. The second-order valence-corrected chi connectivity index (χ2v) is 6.93. The molecule has 3 N–H and O–H groups in total. The molecule has 0 amide bonds. The van der Waals surface area contributed by atoms with Gasteiger partial charge in [0.15, 0.2) is 0 Å². The van der Waals surface area contributed by atoms with Gasteiger partial charge in [0.25, 0.3) is 10.2 Å². The monoisotopic (exact) mass is 263 g/mol. The summed E-state index contributed by atoms with van der Waals surface area (Å²) in [7, 11) is -3.34. The van der Waals surface area contributed by atoms with Gasteiger partial charge in [0.2, 0.25) is 0 Å². The molecule has 3 unspecified atom stereocenters. The third kappa shape index (κ3) is 4.21. The SMILES string of the molecule is CC1CCCN(S(=O)(=O)NC(C)C(C)CN)C1. The van der Waals surface area contributed by atoms with Gasteiger partial charge in [0.1, 0.15) is 0 Å². The van der Waals surface area contributed by atoms with E-state index in [-0.39, 0.29) is 12.0 Å². The molecule has 0 aromatic heterocycles. The van der Waals surface area contributed by atoms with Crippen LogP contribution >= 0.6 is 0 Å². The molecule has 1 heterocycles. The lowest BCUT2D eigenvalue weighted by Gasteiger charge is -2.32. The minimum Gasteiger partial charge on any atom is -0.330 e. The minimum atomic E-state index is -3.34. The smallest absolute Gasteiger partial charge is 0.279 e. The highest BCUT2D eigenvalue weighted by Gasteiger charge is 2.28. The maximum atomic E-state index is 12.1. The molecule has 6 heteroatoms. The molecule has 5 nitrogen and oxygen atoms in total. The molecule has 1 saturated heterocycles. The Morgan fingerprint density at radius 3 is 2.65 bits per heavy atom. The summed E-state index contributed by atoms with van der Waals surface area (Å²) >= 11 is 0. The van der Waals surface area contributed by atoms with E-state index in [2.05, 4.69) is 11.6 Å². The van der Waals surface area contributed by atoms with Gasteiger partial charge in [-0.1, -0.05) is 13.8 Å². The molecule has 0 aliphatic carbocycles. The van der Waals surface area contributed by atoms with Crippen LogP contribution < -0.4 is 10.5 Å². The summed E-state index contributed by atoms with van der Waals surface area (Å²) in [5.74, 6) is 0.592. The minimum absolute atomic E-state index is 0.123. The summed E-state index contributed by atoms with van der Waals surface area (Å²) in [5.41, 5.74) is 5.54. The van der Waals surface area contributed by atoms with Crippen LogP contribution in [0.4, 0.5) is 0 Å². The summed E-state index contributed by atoms with van der Waals surface area (Å²) in [6.07, 6.45) is 2.06. The van der Waals surface area contributed by atoms with Crippen molar-refractivity contribution in [1.82, 2.24) is 9.03 Å². The van der Waals surface area contributed by atoms with Crippen LogP contribution in [0.3, 0.4) is 0 Å². The molecule has 1 fully saturated rings. The fourth-order valence-corrected chi connectivity index (χ4v) is 3.67. The van der Waals surface area contributed by atoms with Crippen molar-refractivity contribution in [3.8, 4) is 0 Å². The molecule has 17 heavy (non-hydrogen) atoms. The Kier molecular flexibility index (Phi) is 5.37. The van der Waals surface area contributed by atoms with Crippen LogP contribution in [0.15, 0.2) is 0 Å². The molecular weight excluding hydrogens is 238 g/mol. The molecule has 3 atom stereocenters. The van der Waals surface area contributed by atoms with Gasteiger partial charge in [-0.15, -0.1) is 0 Å². The number of rotatable bonds is 5. The lowest BCUT2D eigenvalue weighted by Crippen LogP contribution is -2.50. The number of nitrogens with zero attached hydrogens (tertiary/aromatic N) is 1. The van der Waals surface area contributed by atoms with E-state index in [9.17, 15) is 8.42 Å². The molecule has 0 aromatic carbocycles. The molecule has 0 radical (unpaired) electrons. The zero-order valence-corrected chi connectivity index (χ0v) is 11.8. The lowest BCUT2D eigenvalue weighted by atomic mass is 10.0. The predicted molar refractivity (Wildman–Crippen MR) is 69.7 cm³/mol. The molecule has 1 rings (SSSR count). The zero-order chi connectivity index (χ0) is 13.1. The molecule has 102 valence electrons. The highest BCUT2D eigenvalue weighted by atomic mass is 32.2. The van der Waals surface area contributed by atoms with Gasteiger partial charge < -0.3 is 5.73 Å². The quantitative estimate of drug-likeness (QED) is 0.760. The van der Waals surface area contributed by atoms with Crippen LogP contribution in [-0.2, 0) is 10.2 Å². The van der Waals surface area contributed by atoms with E-state index in [1.807, 2.05) is 13.8 Å². The maximum absolute atomic E-state index is 12.1. The first-order valence-corrected chi connectivity index (χ1v) is 7.78. The normalized spacial score (nSPS) is 26.7. The van der Waals surface area contributed by atoms with Gasteiger partial charge in [-0.25, -0.2) is 0 Å². The fraction of sp³-hybridized carbons (Fsp3) is 1.00. The highest BCUT2D eigenvalue weighted by Crippen LogP contribution is 2.18. The van der Waals surface area contributed by atoms with Gasteiger partial charge >= 0.3 is 0 Å². The van der Waals surface area contributed by atoms with E-state index >= 15 is 0 Å². The van der Waals surface area contributed by atoms with E-state index in [0.717, 1.165) is 12.8 Å². The van der Waals surface area contributed by atoms with E-state index < -0.39 is 10.2 Å². The average molecular weight is 263 g/mol. The predicted octanol–water partition coefficient (Wildman–Crippen LogP) is 0.536. The summed E-state index contributed by atoms with van der Waals surface area (Å²) in [4.78, 5) is 0. The Bertz CT molecular complexity index is 332. The van der Waals surface area contributed by atoms with Crippen LogP contribution in [0.1, 0.15) is 33.6 Å². The summed E-state index contributed by atoms with van der Waals surface area (Å²) < 4.78 is 28.5. The highest BCUT2D eigenvalue weighted by molar-refractivity contribution is 7.87. The largest absolute Gasteiger partial charge is 0.330 e. The maximum Gasteiger partial charge on any atom is 0.279 e. The molecule has 0 spiro atoms. The summed E-state index contributed by atoms with van der Waals surface area (Å²) in [5, 5.41) is 0. The van der Waals surface area contributed by atoms with Crippen molar-refractivity contribution < 1.29 is 8.42 Å². The van der Waals surface area contributed by atoms with Gasteiger partial charge in [-0.05, 0) is 38.1 Å². The summed E-state index contributed by atoms with van der Waals surface area (Å²) in [6, 6.07) is -0.123. The Labute approximate surface area is 105 Å². The van der Waals surface area contributed by atoms with Gasteiger partial charge in [0.05, 0.1) is 0 Å². The lowest BCUT2D eigenvalue weighted by molar-refractivity contribution is 0.275. The fourth-order valence-electron chi connectivity index (χ4n) is 1.99. The van der Waals surface area contributed by atoms with E-state index in [4.69, 9.17) is 5.73 Å². The molecule has 1 aliphatic rings. The molecular formula is C11H25N3O2S. The van der Waals surface area contributed by atoms with Crippen LogP contribution in [0.5, 0.6) is 0 Å². The number of nitrogens with two attached hydrogens (primary N) is 1. The van der Waals surface area contributed by atoms with Crippen molar-refractivity contribution in [1.29, 1.82) is 0 Å². The second kappa shape index (κ2) is 6.13.